The van der Waals surface area contributed by atoms with Crippen LogP contribution < -0.4 is 5.32 Å². The van der Waals surface area contributed by atoms with Crippen LogP contribution in [0.3, 0.4) is 0 Å². The summed E-state index contributed by atoms with van der Waals surface area (Å²) in [6.45, 7) is 3.31. The zero-order valence-corrected chi connectivity index (χ0v) is 11.2. The number of nitrogens with one attached hydrogen (secondary N) is 1. The Labute approximate surface area is 109 Å². The molecule has 3 atom stereocenters. The molecule has 2 N–H and O–H groups in total. The van der Waals surface area contributed by atoms with Gasteiger partial charge in [0.2, 0.25) is 0 Å². The summed E-state index contributed by atoms with van der Waals surface area (Å²) in [7, 11) is 0. The Morgan fingerprint density at radius 1 is 1.39 bits per heavy atom. The third kappa shape index (κ3) is 1.88. The molecule has 0 bridgehead atoms. The van der Waals surface area contributed by atoms with Crippen molar-refractivity contribution in [2.24, 2.45) is 5.92 Å². The summed E-state index contributed by atoms with van der Waals surface area (Å²) in [5.74, 6) is 0.771. The number of aryl methyl sites for hydroxylation is 1. The molecule has 0 saturated carbocycles. The Bertz CT molecular complexity index is 431. The summed E-state index contributed by atoms with van der Waals surface area (Å²) in [6.07, 6.45) is 5.49. The van der Waals surface area contributed by atoms with Crippen molar-refractivity contribution in [1.82, 2.24) is 5.32 Å². The predicted molar refractivity (Wildman–Crippen MR) is 73.5 cm³/mol. The van der Waals surface area contributed by atoms with Crippen molar-refractivity contribution in [3.05, 3.63) is 35.4 Å². The van der Waals surface area contributed by atoms with Crippen molar-refractivity contribution in [1.29, 1.82) is 0 Å². The van der Waals surface area contributed by atoms with Crippen molar-refractivity contribution in [2.45, 2.75) is 50.7 Å². The van der Waals surface area contributed by atoms with E-state index >= 15 is 0 Å². The van der Waals surface area contributed by atoms with Crippen molar-refractivity contribution in [3.8, 4) is 0 Å². The lowest BCUT2D eigenvalue weighted by atomic mass is 9.79. The first-order chi connectivity index (χ1) is 8.74. The third-order valence-electron chi connectivity index (χ3n) is 4.93. The molecule has 18 heavy (non-hydrogen) atoms. The predicted octanol–water partition coefficient (Wildman–Crippen LogP) is 2.60. The van der Waals surface area contributed by atoms with Gasteiger partial charge in [-0.25, -0.2) is 0 Å². The van der Waals surface area contributed by atoms with Gasteiger partial charge in [-0.15, -0.1) is 0 Å². The number of rotatable bonds is 2. The summed E-state index contributed by atoms with van der Waals surface area (Å²) in [6, 6.07) is 8.63. The highest BCUT2D eigenvalue weighted by Crippen LogP contribution is 2.42. The molecule has 98 valence electrons. The fourth-order valence-corrected chi connectivity index (χ4v) is 3.71. The van der Waals surface area contributed by atoms with Gasteiger partial charge in [0, 0.05) is 6.04 Å². The van der Waals surface area contributed by atoms with Gasteiger partial charge in [-0.05, 0) is 49.3 Å². The summed E-state index contributed by atoms with van der Waals surface area (Å²) in [5, 5.41) is 14.7. The van der Waals surface area contributed by atoms with Crippen LogP contribution in [0.1, 0.15) is 43.7 Å². The standard InChI is InChI=1S/C16H23NO/c1-2-12-8-10-17-15(11-12)16(18)9-7-13-5-3-4-6-14(13)16/h3-6,12,15,17-18H,2,7-11H2,1H3. The maximum Gasteiger partial charge on any atom is 0.105 e. The van der Waals surface area contributed by atoms with Gasteiger partial charge in [-0.3, -0.25) is 0 Å². The second-order valence-corrected chi connectivity index (χ2v) is 5.89. The topological polar surface area (TPSA) is 32.3 Å². The van der Waals surface area contributed by atoms with Gasteiger partial charge in [-0.2, -0.15) is 0 Å². The normalized spacial score (nSPS) is 35.4. The van der Waals surface area contributed by atoms with E-state index in [1.807, 2.05) is 0 Å². The number of piperidine rings is 1. The number of aliphatic hydroxyl groups is 1. The van der Waals surface area contributed by atoms with Gasteiger partial charge in [0.15, 0.2) is 0 Å². The fourth-order valence-electron chi connectivity index (χ4n) is 3.71. The van der Waals surface area contributed by atoms with Crippen molar-refractivity contribution in [3.63, 3.8) is 0 Å². The lowest BCUT2D eigenvalue weighted by Crippen LogP contribution is -2.51. The molecule has 2 aliphatic rings. The second kappa shape index (κ2) is 4.67. The first kappa shape index (κ1) is 12.2. The maximum atomic E-state index is 11.1. The van der Waals surface area contributed by atoms with Crippen molar-refractivity contribution >= 4 is 0 Å². The minimum absolute atomic E-state index is 0.236. The molecule has 1 saturated heterocycles. The molecule has 1 fully saturated rings. The van der Waals surface area contributed by atoms with Gasteiger partial charge in [0.25, 0.3) is 0 Å². The lowest BCUT2D eigenvalue weighted by Gasteiger charge is -2.40. The molecular formula is C16H23NO. The molecule has 1 heterocycles. The Morgan fingerprint density at radius 3 is 3.06 bits per heavy atom. The zero-order chi connectivity index (χ0) is 12.6. The van der Waals surface area contributed by atoms with Gasteiger partial charge in [0.1, 0.15) is 5.60 Å². The van der Waals surface area contributed by atoms with Gasteiger partial charge in [-0.1, -0.05) is 37.6 Å². The number of fused-ring (bicyclic) bond motifs is 1. The van der Waals surface area contributed by atoms with Crippen LogP contribution in [0.5, 0.6) is 0 Å². The van der Waals surface area contributed by atoms with E-state index in [2.05, 4.69) is 36.5 Å². The Hall–Kier alpha value is -0.860. The van der Waals surface area contributed by atoms with Gasteiger partial charge < -0.3 is 10.4 Å². The molecule has 0 amide bonds. The van der Waals surface area contributed by atoms with Crippen LogP contribution in [0, 0.1) is 5.92 Å². The van der Waals surface area contributed by atoms with E-state index in [1.54, 1.807) is 0 Å². The van der Waals surface area contributed by atoms with Crippen LogP contribution in [0.15, 0.2) is 24.3 Å². The SMILES string of the molecule is CCC1CCNC(C2(O)CCc3ccccc32)C1. The van der Waals surface area contributed by atoms with Gasteiger partial charge >= 0.3 is 0 Å². The minimum Gasteiger partial charge on any atom is -0.384 e. The molecule has 2 nitrogen and oxygen atoms in total. The Kier molecular flexibility index (Phi) is 3.16. The Morgan fingerprint density at radius 2 is 2.22 bits per heavy atom. The molecule has 0 aromatic heterocycles. The molecule has 1 aliphatic heterocycles. The highest BCUT2D eigenvalue weighted by atomic mass is 16.3. The first-order valence-electron chi connectivity index (χ1n) is 7.28. The first-order valence-corrected chi connectivity index (χ1v) is 7.28. The maximum absolute atomic E-state index is 11.1. The van der Waals surface area contributed by atoms with Crippen LogP contribution in [0.4, 0.5) is 0 Å². The van der Waals surface area contributed by atoms with E-state index in [9.17, 15) is 5.11 Å². The average Bonchev–Trinajstić information content (AvgIpc) is 2.79. The quantitative estimate of drug-likeness (QED) is 0.839. The highest BCUT2D eigenvalue weighted by Gasteiger charge is 2.44. The van der Waals surface area contributed by atoms with Crippen LogP contribution in [0.25, 0.3) is 0 Å². The second-order valence-electron chi connectivity index (χ2n) is 5.89. The third-order valence-corrected chi connectivity index (χ3v) is 4.93. The van der Waals surface area contributed by atoms with Crippen molar-refractivity contribution in [2.75, 3.05) is 6.54 Å². The molecule has 3 unspecified atom stereocenters. The van der Waals surface area contributed by atoms with Crippen LogP contribution in [-0.4, -0.2) is 17.7 Å². The molecule has 1 aliphatic carbocycles. The molecule has 0 spiro atoms. The molecule has 2 heteroatoms. The van der Waals surface area contributed by atoms with E-state index in [0.29, 0.717) is 0 Å². The minimum atomic E-state index is -0.634. The van der Waals surface area contributed by atoms with Crippen LogP contribution >= 0.6 is 0 Å². The molecular weight excluding hydrogens is 222 g/mol. The van der Waals surface area contributed by atoms with Crippen LogP contribution in [0.2, 0.25) is 0 Å². The van der Waals surface area contributed by atoms with E-state index < -0.39 is 5.60 Å². The smallest absolute Gasteiger partial charge is 0.105 e. The van der Waals surface area contributed by atoms with E-state index in [4.69, 9.17) is 0 Å². The summed E-state index contributed by atoms with van der Waals surface area (Å²) in [4.78, 5) is 0. The van der Waals surface area contributed by atoms with Crippen LogP contribution in [-0.2, 0) is 12.0 Å². The van der Waals surface area contributed by atoms with E-state index in [0.717, 1.165) is 31.7 Å². The van der Waals surface area contributed by atoms with Gasteiger partial charge in [0.05, 0.1) is 0 Å². The summed E-state index contributed by atoms with van der Waals surface area (Å²) in [5.41, 5.74) is 1.87. The molecule has 1 aromatic rings. The molecule has 3 rings (SSSR count). The largest absolute Gasteiger partial charge is 0.384 e. The number of hydrogen-bond donors (Lipinski definition) is 2. The number of hydrogen-bond acceptors (Lipinski definition) is 2. The highest BCUT2D eigenvalue weighted by molar-refractivity contribution is 5.38. The monoisotopic (exact) mass is 245 g/mol. The summed E-state index contributed by atoms with van der Waals surface area (Å²) >= 11 is 0. The fraction of sp³-hybridized carbons (Fsp3) is 0.625. The zero-order valence-electron chi connectivity index (χ0n) is 11.2. The van der Waals surface area contributed by atoms with E-state index in [-0.39, 0.29) is 6.04 Å². The molecule has 0 radical (unpaired) electrons. The van der Waals surface area contributed by atoms with Crippen molar-refractivity contribution < 1.29 is 5.11 Å². The van der Waals surface area contributed by atoms with E-state index in [1.165, 1.54) is 24.0 Å². The number of benzene rings is 1. The molecule has 1 aromatic carbocycles. The average molecular weight is 245 g/mol. The summed E-state index contributed by atoms with van der Waals surface area (Å²) < 4.78 is 0. The Balaban J connectivity index is 1.87. The lowest BCUT2D eigenvalue weighted by molar-refractivity contribution is -0.0184.